The molecule has 0 aliphatic rings. The number of ether oxygens (including phenoxy) is 3. The number of amides is 1. The Morgan fingerprint density at radius 1 is 1.10 bits per heavy atom. The van der Waals surface area contributed by atoms with Crippen molar-refractivity contribution in [3.63, 3.8) is 0 Å². The fourth-order valence-electron chi connectivity index (χ4n) is 2.84. The lowest BCUT2D eigenvalue weighted by molar-refractivity contribution is -0.123. The molecule has 1 atom stereocenters. The molecule has 1 amide bonds. The number of carbonyl (C=O) groups is 2. The zero-order valence-electron chi connectivity index (χ0n) is 16.8. The Balaban J connectivity index is 1.69. The van der Waals surface area contributed by atoms with E-state index in [0.29, 0.717) is 34.9 Å². The van der Waals surface area contributed by atoms with E-state index < -0.39 is 18.0 Å². The maximum absolute atomic E-state index is 12.6. The molecule has 0 saturated carbocycles. The molecule has 0 aliphatic carbocycles. The number of fused-ring (bicyclic) bond motifs is 1. The maximum Gasteiger partial charge on any atom is 0.375 e. The van der Waals surface area contributed by atoms with Crippen LogP contribution in [0.2, 0.25) is 0 Å². The van der Waals surface area contributed by atoms with E-state index in [4.69, 9.17) is 18.6 Å². The molecule has 3 rings (SSSR count). The Hall–Kier alpha value is -3.48. The van der Waals surface area contributed by atoms with Crippen molar-refractivity contribution in [3.05, 3.63) is 53.8 Å². The van der Waals surface area contributed by atoms with Gasteiger partial charge in [-0.25, -0.2) is 4.79 Å². The lowest BCUT2D eigenvalue weighted by Crippen LogP contribution is -2.30. The van der Waals surface area contributed by atoms with Gasteiger partial charge in [0.15, 0.2) is 6.10 Å². The zero-order chi connectivity index (χ0) is 21.0. The van der Waals surface area contributed by atoms with E-state index >= 15 is 0 Å². The van der Waals surface area contributed by atoms with Gasteiger partial charge in [0.25, 0.3) is 5.91 Å². The number of esters is 1. The van der Waals surface area contributed by atoms with Gasteiger partial charge in [0.2, 0.25) is 5.76 Å². The third-order valence-electron chi connectivity index (χ3n) is 4.41. The third kappa shape index (κ3) is 4.51. The van der Waals surface area contributed by atoms with Gasteiger partial charge in [-0.2, -0.15) is 0 Å². The molecule has 0 saturated heterocycles. The molecule has 7 nitrogen and oxygen atoms in total. The third-order valence-corrected chi connectivity index (χ3v) is 4.41. The van der Waals surface area contributed by atoms with Crippen molar-refractivity contribution >= 4 is 28.5 Å². The summed E-state index contributed by atoms with van der Waals surface area (Å²) in [5.41, 5.74) is 1.75. The molecular weight excluding hydrogens is 374 g/mol. The summed E-state index contributed by atoms with van der Waals surface area (Å²) < 4.78 is 21.5. The largest absolute Gasteiger partial charge is 0.497 e. The lowest BCUT2D eigenvalue weighted by atomic mass is 10.1. The number of methoxy groups -OCH3 is 1. The van der Waals surface area contributed by atoms with Crippen molar-refractivity contribution in [2.24, 2.45) is 0 Å². The molecular formula is C22H23NO6. The molecule has 152 valence electrons. The normalized spacial score (nSPS) is 11.7. The summed E-state index contributed by atoms with van der Waals surface area (Å²) in [4.78, 5) is 24.9. The Bertz CT molecular complexity index is 1020. The fourth-order valence-corrected chi connectivity index (χ4v) is 2.84. The number of aryl methyl sites for hydroxylation is 1. The highest BCUT2D eigenvalue weighted by atomic mass is 16.6. The van der Waals surface area contributed by atoms with Crippen LogP contribution in [0.4, 0.5) is 5.69 Å². The summed E-state index contributed by atoms with van der Waals surface area (Å²) in [6.07, 6.45) is -1.00. The van der Waals surface area contributed by atoms with E-state index in [0.717, 1.165) is 5.39 Å². The van der Waals surface area contributed by atoms with Gasteiger partial charge in [0.1, 0.15) is 17.1 Å². The molecule has 0 radical (unpaired) electrons. The second-order valence-corrected chi connectivity index (χ2v) is 6.41. The van der Waals surface area contributed by atoms with Crippen LogP contribution in [-0.2, 0) is 9.53 Å². The molecule has 2 aromatic carbocycles. The first kappa shape index (κ1) is 20.3. The van der Waals surface area contributed by atoms with Gasteiger partial charge in [0.05, 0.1) is 13.7 Å². The zero-order valence-corrected chi connectivity index (χ0v) is 16.8. The van der Waals surface area contributed by atoms with E-state index in [9.17, 15) is 9.59 Å². The predicted octanol–water partition coefficient (Wildman–Crippen LogP) is 4.33. The van der Waals surface area contributed by atoms with E-state index in [1.807, 2.05) is 13.0 Å². The molecule has 1 heterocycles. The molecule has 0 spiro atoms. The van der Waals surface area contributed by atoms with Crippen molar-refractivity contribution in [1.29, 1.82) is 0 Å². The summed E-state index contributed by atoms with van der Waals surface area (Å²) in [6.45, 7) is 5.70. The lowest BCUT2D eigenvalue weighted by Gasteiger charge is -2.13. The predicted molar refractivity (Wildman–Crippen MR) is 109 cm³/mol. The summed E-state index contributed by atoms with van der Waals surface area (Å²) in [5, 5.41) is 3.46. The molecule has 0 bridgehead atoms. The monoisotopic (exact) mass is 397 g/mol. The second kappa shape index (κ2) is 8.68. The minimum Gasteiger partial charge on any atom is -0.497 e. The first-order chi connectivity index (χ1) is 13.9. The first-order valence-electron chi connectivity index (χ1n) is 9.24. The van der Waals surface area contributed by atoms with Crippen LogP contribution in [0.15, 0.2) is 46.9 Å². The van der Waals surface area contributed by atoms with Crippen LogP contribution in [0.3, 0.4) is 0 Å². The number of rotatable bonds is 7. The van der Waals surface area contributed by atoms with Crippen molar-refractivity contribution in [2.45, 2.75) is 26.9 Å². The van der Waals surface area contributed by atoms with Crippen LogP contribution < -0.4 is 14.8 Å². The number of carbonyl (C=O) groups excluding carboxylic acids is 2. The quantitative estimate of drug-likeness (QED) is 0.597. The van der Waals surface area contributed by atoms with E-state index in [2.05, 4.69) is 5.32 Å². The van der Waals surface area contributed by atoms with E-state index in [1.165, 1.54) is 6.92 Å². The van der Waals surface area contributed by atoms with Crippen molar-refractivity contribution in [3.8, 4) is 11.5 Å². The van der Waals surface area contributed by atoms with Crippen LogP contribution in [-0.4, -0.2) is 31.7 Å². The van der Waals surface area contributed by atoms with Crippen LogP contribution in [0.5, 0.6) is 11.5 Å². The van der Waals surface area contributed by atoms with Gasteiger partial charge in [0, 0.05) is 16.6 Å². The van der Waals surface area contributed by atoms with E-state index in [1.54, 1.807) is 50.4 Å². The Labute approximate surface area is 168 Å². The SMILES string of the molecule is CCOc1ccc2oc(C(=O)O[C@H](C)C(=O)Nc3ccc(OC)cc3)c(C)c2c1. The molecule has 29 heavy (non-hydrogen) atoms. The van der Waals surface area contributed by atoms with E-state index in [-0.39, 0.29) is 5.76 Å². The van der Waals surface area contributed by atoms with Crippen molar-refractivity contribution < 1.29 is 28.2 Å². The number of nitrogens with one attached hydrogen (secondary N) is 1. The van der Waals surface area contributed by atoms with Crippen LogP contribution >= 0.6 is 0 Å². The summed E-state index contributed by atoms with van der Waals surface area (Å²) in [6, 6.07) is 12.2. The minimum atomic E-state index is -1.00. The Morgan fingerprint density at radius 3 is 2.45 bits per heavy atom. The van der Waals surface area contributed by atoms with Gasteiger partial charge in [-0.15, -0.1) is 0 Å². The first-order valence-corrected chi connectivity index (χ1v) is 9.24. The summed E-state index contributed by atoms with van der Waals surface area (Å²) in [5.74, 6) is 0.286. The topological polar surface area (TPSA) is 87.0 Å². The molecule has 3 aromatic rings. The Morgan fingerprint density at radius 2 is 1.79 bits per heavy atom. The molecule has 1 N–H and O–H groups in total. The standard InChI is InChI=1S/C22H23NO6/c1-5-27-17-10-11-19-18(12-17)13(2)20(29-19)22(25)28-14(3)21(24)23-15-6-8-16(26-4)9-7-15/h6-12,14H,5H2,1-4H3,(H,23,24)/t14-/m1/s1. The summed E-state index contributed by atoms with van der Waals surface area (Å²) >= 11 is 0. The average Bonchev–Trinajstić information content (AvgIpc) is 3.05. The highest BCUT2D eigenvalue weighted by molar-refractivity contribution is 5.99. The van der Waals surface area contributed by atoms with Crippen molar-refractivity contribution in [1.82, 2.24) is 0 Å². The molecule has 0 aliphatic heterocycles. The number of anilines is 1. The number of furan rings is 1. The summed E-state index contributed by atoms with van der Waals surface area (Å²) in [7, 11) is 1.56. The van der Waals surface area contributed by atoms with Gasteiger partial charge in [-0.3, -0.25) is 4.79 Å². The maximum atomic E-state index is 12.6. The highest BCUT2D eigenvalue weighted by Crippen LogP contribution is 2.29. The molecule has 1 aromatic heterocycles. The molecule has 0 unspecified atom stereocenters. The number of hydrogen-bond donors (Lipinski definition) is 1. The van der Waals surface area contributed by atoms with Crippen LogP contribution in [0.1, 0.15) is 30.0 Å². The van der Waals surface area contributed by atoms with Gasteiger partial charge in [-0.1, -0.05) is 0 Å². The minimum absolute atomic E-state index is 0.0674. The van der Waals surface area contributed by atoms with Crippen LogP contribution in [0, 0.1) is 6.92 Å². The fraction of sp³-hybridized carbons (Fsp3) is 0.273. The molecule has 0 fully saturated rings. The van der Waals surface area contributed by atoms with Crippen LogP contribution in [0.25, 0.3) is 11.0 Å². The van der Waals surface area contributed by atoms with Crippen molar-refractivity contribution in [2.75, 3.05) is 19.0 Å². The number of benzene rings is 2. The van der Waals surface area contributed by atoms with Gasteiger partial charge < -0.3 is 23.9 Å². The Kier molecular flexibility index (Phi) is 6.07. The average molecular weight is 397 g/mol. The van der Waals surface area contributed by atoms with Gasteiger partial charge in [-0.05, 0) is 63.2 Å². The van der Waals surface area contributed by atoms with Gasteiger partial charge >= 0.3 is 5.97 Å². The second-order valence-electron chi connectivity index (χ2n) is 6.41. The number of hydrogen-bond acceptors (Lipinski definition) is 6. The highest BCUT2D eigenvalue weighted by Gasteiger charge is 2.24. The molecule has 7 heteroatoms. The smallest absolute Gasteiger partial charge is 0.375 e.